The van der Waals surface area contributed by atoms with Gasteiger partial charge in [-0.15, -0.1) is 0 Å². The zero-order valence-corrected chi connectivity index (χ0v) is 9.49. The van der Waals surface area contributed by atoms with Gasteiger partial charge in [0.2, 0.25) is 5.91 Å². The fourth-order valence-corrected chi connectivity index (χ4v) is 1.89. The Bertz CT molecular complexity index is 203. The fourth-order valence-electron chi connectivity index (χ4n) is 1.89. The van der Waals surface area contributed by atoms with E-state index < -0.39 is 0 Å². The largest absolute Gasteiger partial charge is 0.341 e. The molecular weight excluding hydrogens is 176 g/mol. The Morgan fingerprint density at radius 1 is 1.50 bits per heavy atom. The second-order valence-corrected chi connectivity index (χ2v) is 4.80. The molecule has 1 saturated heterocycles. The van der Waals surface area contributed by atoms with Gasteiger partial charge >= 0.3 is 0 Å². The summed E-state index contributed by atoms with van der Waals surface area (Å²) in [6, 6.07) is -0.319. The molecule has 1 rings (SSSR count). The van der Waals surface area contributed by atoms with E-state index in [4.69, 9.17) is 5.73 Å². The maximum absolute atomic E-state index is 11.9. The van der Waals surface area contributed by atoms with Crippen molar-refractivity contribution >= 4 is 5.91 Å². The minimum Gasteiger partial charge on any atom is -0.341 e. The molecule has 1 amide bonds. The molecule has 3 nitrogen and oxygen atoms in total. The highest BCUT2D eigenvalue weighted by Gasteiger charge is 2.26. The standard InChI is InChI=1S/C11H22N2O/c1-8(2)10(12)11(14)13-6-4-5-9(3)7-13/h8-10H,4-7,12H2,1-3H3/t9-,10-/m1/s1. The molecule has 82 valence electrons. The molecular formula is C11H22N2O. The predicted octanol–water partition coefficient (Wildman–Crippen LogP) is 1.23. The highest BCUT2D eigenvalue weighted by atomic mass is 16.2. The van der Waals surface area contributed by atoms with Gasteiger partial charge in [-0.1, -0.05) is 20.8 Å². The average molecular weight is 198 g/mol. The molecule has 0 saturated carbocycles. The summed E-state index contributed by atoms with van der Waals surface area (Å²) < 4.78 is 0. The number of rotatable bonds is 2. The van der Waals surface area contributed by atoms with Crippen molar-refractivity contribution in [2.75, 3.05) is 13.1 Å². The smallest absolute Gasteiger partial charge is 0.239 e. The first kappa shape index (κ1) is 11.5. The van der Waals surface area contributed by atoms with Gasteiger partial charge in [-0.3, -0.25) is 4.79 Å². The van der Waals surface area contributed by atoms with Crippen molar-refractivity contribution in [3.63, 3.8) is 0 Å². The summed E-state index contributed by atoms with van der Waals surface area (Å²) in [6.07, 6.45) is 2.36. The molecule has 0 spiro atoms. The summed E-state index contributed by atoms with van der Waals surface area (Å²) in [7, 11) is 0. The van der Waals surface area contributed by atoms with E-state index in [1.165, 1.54) is 6.42 Å². The van der Waals surface area contributed by atoms with Crippen molar-refractivity contribution in [3.8, 4) is 0 Å². The van der Waals surface area contributed by atoms with Gasteiger partial charge in [0, 0.05) is 13.1 Å². The second-order valence-electron chi connectivity index (χ2n) is 4.80. The van der Waals surface area contributed by atoms with Gasteiger partial charge in [0.15, 0.2) is 0 Å². The first-order valence-corrected chi connectivity index (χ1v) is 5.56. The monoisotopic (exact) mass is 198 g/mol. The molecule has 14 heavy (non-hydrogen) atoms. The lowest BCUT2D eigenvalue weighted by Gasteiger charge is -2.33. The summed E-state index contributed by atoms with van der Waals surface area (Å²) in [6.45, 7) is 7.97. The van der Waals surface area contributed by atoms with Crippen LogP contribution >= 0.6 is 0 Å². The SMILES string of the molecule is CC(C)[C@@H](N)C(=O)N1CCC[C@@H](C)C1. The minimum atomic E-state index is -0.319. The lowest BCUT2D eigenvalue weighted by Crippen LogP contribution is -2.49. The number of piperidine rings is 1. The zero-order valence-electron chi connectivity index (χ0n) is 9.49. The summed E-state index contributed by atoms with van der Waals surface area (Å²) in [4.78, 5) is 13.8. The van der Waals surface area contributed by atoms with Gasteiger partial charge in [0.05, 0.1) is 6.04 Å². The third-order valence-corrected chi connectivity index (χ3v) is 2.97. The molecule has 0 aliphatic carbocycles. The lowest BCUT2D eigenvalue weighted by atomic mass is 9.97. The molecule has 2 N–H and O–H groups in total. The minimum absolute atomic E-state index is 0.131. The van der Waals surface area contributed by atoms with Gasteiger partial charge in [-0.2, -0.15) is 0 Å². The molecule has 1 aliphatic rings. The van der Waals surface area contributed by atoms with Crippen LogP contribution in [0.15, 0.2) is 0 Å². The fraction of sp³-hybridized carbons (Fsp3) is 0.909. The normalized spacial score (nSPS) is 25.2. The number of carbonyl (C=O) groups excluding carboxylic acids is 1. The topological polar surface area (TPSA) is 46.3 Å². The summed E-state index contributed by atoms with van der Waals surface area (Å²) in [5.41, 5.74) is 5.85. The molecule has 3 heteroatoms. The van der Waals surface area contributed by atoms with Crippen LogP contribution in [0.5, 0.6) is 0 Å². The van der Waals surface area contributed by atoms with Crippen molar-refractivity contribution in [1.29, 1.82) is 0 Å². The van der Waals surface area contributed by atoms with Gasteiger partial charge in [-0.05, 0) is 24.7 Å². The molecule has 0 unspecified atom stereocenters. The number of amides is 1. The maximum Gasteiger partial charge on any atom is 0.239 e. The van der Waals surface area contributed by atoms with Crippen LogP contribution in [0.4, 0.5) is 0 Å². The number of likely N-dealkylation sites (tertiary alicyclic amines) is 1. The van der Waals surface area contributed by atoms with Crippen molar-refractivity contribution in [3.05, 3.63) is 0 Å². The Labute approximate surface area is 86.6 Å². The second kappa shape index (κ2) is 4.78. The van der Waals surface area contributed by atoms with Crippen LogP contribution in [0.2, 0.25) is 0 Å². The Morgan fingerprint density at radius 3 is 2.64 bits per heavy atom. The highest BCUT2D eigenvalue weighted by molar-refractivity contribution is 5.82. The highest BCUT2D eigenvalue weighted by Crippen LogP contribution is 2.17. The maximum atomic E-state index is 11.9. The van der Waals surface area contributed by atoms with Crippen molar-refractivity contribution < 1.29 is 4.79 Å². The molecule has 0 bridgehead atoms. The van der Waals surface area contributed by atoms with Crippen LogP contribution < -0.4 is 5.73 Å². The van der Waals surface area contributed by atoms with Crippen molar-refractivity contribution in [2.45, 2.75) is 39.7 Å². The van der Waals surface area contributed by atoms with Gasteiger partial charge in [0.25, 0.3) is 0 Å². The van der Waals surface area contributed by atoms with E-state index in [9.17, 15) is 4.79 Å². The van der Waals surface area contributed by atoms with E-state index in [1.807, 2.05) is 18.7 Å². The predicted molar refractivity (Wildman–Crippen MR) is 57.8 cm³/mol. The molecule has 1 heterocycles. The van der Waals surface area contributed by atoms with Crippen LogP contribution in [-0.2, 0) is 4.79 Å². The van der Waals surface area contributed by atoms with E-state index in [0.717, 1.165) is 19.5 Å². The van der Waals surface area contributed by atoms with Gasteiger partial charge in [0.1, 0.15) is 0 Å². The van der Waals surface area contributed by atoms with E-state index in [0.29, 0.717) is 5.92 Å². The molecule has 2 atom stereocenters. The average Bonchev–Trinajstić information content (AvgIpc) is 2.15. The lowest BCUT2D eigenvalue weighted by molar-refractivity contribution is -0.135. The Hall–Kier alpha value is -0.570. The third kappa shape index (κ3) is 2.71. The molecule has 0 radical (unpaired) electrons. The number of nitrogens with two attached hydrogens (primary N) is 1. The number of hydrogen-bond donors (Lipinski definition) is 1. The Balaban J connectivity index is 2.51. The molecule has 1 fully saturated rings. The summed E-state index contributed by atoms with van der Waals surface area (Å²) >= 11 is 0. The first-order chi connectivity index (χ1) is 6.52. The van der Waals surface area contributed by atoms with E-state index >= 15 is 0 Å². The van der Waals surface area contributed by atoms with E-state index in [2.05, 4.69) is 6.92 Å². The molecule has 1 aliphatic heterocycles. The summed E-state index contributed by atoms with van der Waals surface area (Å²) in [5, 5.41) is 0. The van der Waals surface area contributed by atoms with E-state index in [1.54, 1.807) is 0 Å². The van der Waals surface area contributed by atoms with Crippen LogP contribution in [0.1, 0.15) is 33.6 Å². The van der Waals surface area contributed by atoms with Crippen molar-refractivity contribution in [2.24, 2.45) is 17.6 Å². The van der Waals surface area contributed by atoms with Crippen molar-refractivity contribution in [1.82, 2.24) is 4.90 Å². The third-order valence-electron chi connectivity index (χ3n) is 2.97. The molecule has 0 aromatic heterocycles. The number of nitrogens with zero attached hydrogens (tertiary/aromatic N) is 1. The zero-order chi connectivity index (χ0) is 10.7. The van der Waals surface area contributed by atoms with Crippen LogP contribution in [0.25, 0.3) is 0 Å². The van der Waals surface area contributed by atoms with Crippen LogP contribution in [0.3, 0.4) is 0 Å². The van der Waals surface area contributed by atoms with Crippen LogP contribution in [-0.4, -0.2) is 29.9 Å². The number of carbonyl (C=O) groups is 1. The van der Waals surface area contributed by atoms with Gasteiger partial charge < -0.3 is 10.6 Å². The molecule has 0 aromatic carbocycles. The van der Waals surface area contributed by atoms with Crippen LogP contribution in [0, 0.1) is 11.8 Å². The quantitative estimate of drug-likeness (QED) is 0.725. The Morgan fingerprint density at radius 2 is 2.14 bits per heavy atom. The Kier molecular flexibility index (Phi) is 3.93. The first-order valence-electron chi connectivity index (χ1n) is 5.56. The summed E-state index contributed by atoms with van der Waals surface area (Å²) in [5.74, 6) is 0.998. The number of hydrogen-bond acceptors (Lipinski definition) is 2. The van der Waals surface area contributed by atoms with Gasteiger partial charge in [-0.25, -0.2) is 0 Å². The van der Waals surface area contributed by atoms with E-state index in [-0.39, 0.29) is 17.9 Å². The molecule has 0 aromatic rings.